The number of amides is 1. The second-order valence-corrected chi connectivity index (χ2v) is 5.24. The van der Waals surface area contributed by atoms with Crippen LogP contribution in [0.4, 0.5) is 5.69 Å². The van der Waals surface area contributed by atoms with Crippen LogP contribution in [0.3, 0.4) is 0 Å². The third-order valence-corrected chi connectivity index (χ3v) is 3.68. The number of carbonyl (C=O) groups excluding carboxylic acids is 1. The second-order valence-electron chi connectivity index (χ2n) is 4.39. The van der Waals surface area contributed by atoms with Crippen LogP contribution in [0, 0.1) is 0 Å². The topological polar surface area (TPSA) is 46.9 Å². The molecule has 4 nitrogen and oxygen atoms in total. The van der Waals surface area contributed by atoms with Gasteiger partial charge in [0, 0.05) is 4.47 Å². The summed E-state index contributed by atoms with van der Waals surface area (Å²) in [6.45, 7) is 0.238. The molecule has 20 heavy (non-hydrogen) atoms. The number of nitrogens with one attached hydrogen (secondary N) is 1. The van der Waals surface area contributed by atoms with Crippen molar-refractivity contribution in [2.45, 2.75) is 6.54 Å². The summed E-state index contributed by atoms with van der Waals surface area (Å²) in [7, 11) is 0. The predicted molar refractivity (Wildman–Crippen MR) is 82.5 cm³/mol. The molecule has 0 bridgehead atoms. The number of hydrogen-bond donors (Lipinski definition) is 1. The maximum Gasteiger partial charge on any atom is 0.244 e. The molecule has 0 atom stereocenters. The minimum Gasteiger partial charge on any atom is -0.324 e. The molecule has 1 heterocycles. The fraction of sp³-hybridized carbons (Fsp3) is 0.0667. The summed E-state index contributed by atoms with van der Waals surface area (Å²) in [5, 5.41) is 2.88. The first-order chi connectivity index (χ1) is 9.74. The smallest absolute Gasteiger partial charge is 0.244 e. The normalized spacial score (nSPS) is 10.7. The fourth-order valence-corrected chi connectivity index (χ4v) is 2.43. The number of fused-ring (bicyclic) bond motifs is 1. The summed E-state index contributed by atoms with van der Waals surface area (Å²) in [5.41, 5.74) is 2.61. The van der Waals surface area contributed by atoms with Crippen LogP contribution >= 0.6 is 15.9 Å². The van der Waals surface area contributed by atoms with Gasteiger partial charge in [-0.25, -0.2) is 4.98 Å². The molecule has 3 aromatic rings. The molecular weight excluding hydrogens is 318 g/mol. The molecule has 3 rings (SSSR count). The molecule has 1 N–H and O–H groups in total. The van der Waals surface area contributed by atoms with Gasteiger partial charge in [0.2, 0.25) is 5.91 Å². The number of benzene rings is 2. The van der Waals surface area contributed by atoms with E-state index in [0.29, 0.717) is 0 Å². The molecule has 0 saturated carbocycles. The zero-order chi connectivity index (χ0) is 13.9. The molecule has 100 valence electrons. The summed E-state index contributed by atoms with van der Waals surface area (Å²) in [6, 6.07) is 15.3. The number of nitrogens with zero attached hydrogens (tertiary/aromatic N) is 2. The Morgan fingerprint density at radius 2 is 1.90 bits per heavy atom. The van der Waals surface area contributed by atoms with Crippen LogP contribution < -0.4 is 5.32 Å². The van der Waals surface area contributed by atoms with Crippen molar-refractivity contribution in [2.24, 2.45) is 0 Å². The Labute approximate surface area is 124 Å². The van der Waals surface area contributed by atoms with Crippen molar-refractivity contribution in [2.75, 3.05) is 5.32 Å². The molecule has 1 aromatic heterocycles. The Bertz CT molecular complexity index is 766. The largest absolute Gasteiger partial charge is 0.324 e. The summed E-state index contributed by atoms with van der Waals surface area (Å²) in [6.07, 6.45) is 1.68. The molecule has 0 spiro atoms. The lowest BCUT2D eigenvalue weighted by atomic mass is 10.3. The Morgan fingerprint density at radius 3 is 2.75 bits per heavy atom. The van der Waals surface area contributed by atoms with Crippen LogP contribution in [0.1, 0.15) is 0 Å². The highest BCUT2D eigenvalue weighted by molar-refractivity contribution is 9.10. The maximum absolute atomic E-state index is 12.1. The van der Waals surface area contributed by atoms with E-state index in [2.05, 4.69) is 26.2 Å². The van der Waals surface area contributed by atoms with Gasteiger partial charge >= 0.3 is 0 Å². The van der Waals surface area contributed by atoms with Gasteiger partial charge in [-0.05, 0) is 40.2 Å². The molecule has 0 saturated heterocycles. The Kier molecular flexibility index (Phi) is 3.52. The number of imidazole rings is 1. The highest BCUT2D eigenvalue weighted by Crippen LogP contribution is 2.21. The molecule has 0 fully saturated rings. The van der Waals surface area contributed by atoms with Crippen molar-refractivity contribution in [1.82, 2.24) is 9.55 Å². The number of hydrogen-bond acceptors (Lipinski definition) is 2. The van der Waals surface area contributed by atoms with Crippen LogP contribution in [0.5, 0.6) is 0 Å². The highest BCUT2D eigenvalue weighted by Gasteiger charge is 2.08. The van der Waals surface area contributed by atoms with E-state index in [9.17, 15) is 4.79 Å². The van der Waals surface area contributed by atoms with E-state index >= 15 is 0 Å². The Balaban J connectivity index is 1.78. The average molecular weight is 330 g/mol. The van der Waals surface area contributed by atoms with Crippen LogP contribution in [0.2, 0.25) is 0 Å². The lowest BCUT2D eigenvalue weighted by molar-refractivity contribution is -0.116. The van der Waals surface area contributed by atoms with Crippen molar-refractivity contribution in [1.29, 1.82) is 0 Å². The minimum absolute atomic E-state index is 0.0833. The van der Waals surface area contributed by atoms with Gasteiger partial charge in [0.25, 0.3) is 0 Å². The molecule has 0 aliphatic heterocycles. The van der Waals surface area contributed by atoms with E-state index in [-0.39, 0.29) is 12.5 Å². The number of anilines is 1. The molecule has 0 radical (unpaired) electrons. The van der Waals surface area contributed by atoms with E-state index in [4.69, 9.17) is 0 Å². The highest BCUT2D eigenvalue weighted by atomic mass is 79.9. The van der Waals surface area contributed by atoms with Gasteiger partial charge in [-0.3, -0.25) is 4.79 Å². The first-order valence-electron chi connectivity index (χ1n) is 6.18. The number of aromatic nitrogens is 2. The third-order valence-electron chi connectivity index (χ3n) is 2.99. The first kappa shape index (κ1) is 12.9. The molecule has 0 aliphatic carbocycles. The maximum atomic E-state index is 12.1. The minimum atomic E-state index is -0.0833. The van der Waals surface area contributed by atoms with Crippen molar-refractivity contribution in [3.8, 4) is 0 Å². The Hall–Kier alpha value is -2.14. The number of halogens is 1. The van der Waals surface area contributed by atoms with Gasteiger partial charge < -0.3 is 9.88 Å². The summed E-state index contributed by atoms with van der Waals surface area (Å²) >= 11 is 3.41. The van der Waals surface area contributed by atoms with Gasteiger partial charge in [-0.1, -0.05) is 24.3 Å². The van der Waals surface area contributed by atoms with E-state index in [0.717, 1.165) is 21.2 Å². The summed E-state index contributed by atoms with van der Waals surface area (Å²) in [4.78, 5) is 16.4. The van der Waals surface area contributed by atoms with Crippen molar-refractivity contribution in [3.05, 3.63) is 59.3 Å². The second kappa shape index (κ2) is 5.46. The van der Waals surface area contributed by atoms with Gasteiger partial charge in [-0.15, -0.1) is 0 Å². The van der Waals surface area contributed by atoms with E-state index in [1.54, 1.807) is 6.33 Å². The van der Waals surface area contributed by atoms with E-state index < -0.39 is 0 Å². The quantitative estimate of drug-likeness (QED) is 0.800. The predicted octanol–water partition coefficient (Wildman–Crippen LogP) is 3.44. The molecule has 5 heteroatoms. The van der Waals surface area contributed by atoms with Gasteiger partial charge in [-0.2, -0.15) is 0 Å². The molecule has 0 aliphatic rings. The lowest BCUT2D eigenvalue weighted by Crippen LogP contribution is -2.18. The van der Waals surface area contributed by atoms with Crippen LogP contribution in [0.15, 0.2) is 59.3 Å². The molecule has 2 aromatic carbocycles. The number of para-hydroxylation sites is 3. The van der Waals surface area contributed by atoms with Gasteiger partial charge in [0.1, 0.15) is 6.54 Å². The van der Waals surface area contributed by atoms with Crippen LogP contribution in [-0.2, 0) is 11.3 Å². The van der Waals surface area contributed by atoms with Gasteiger partial charge in [0.15, 0.2) is 0 Å². The van der Waals surface area contributed by atoms with Crippen molar-refractivity contribution >= 4 is 38.6 Å². The SMILES string of the molecule is O=C(Cn1cnc2ccccc21)Nc1ccccc1Br. The average Bonchev–Trinajstić information content (AvgIpc) is 2.85. The van der Waals surface area contributed by atoms with E-state index in [1.165, 1.54) is 0 Å². The monoisotopic (exact) mass is 329 g/mol. The van der Waals surface area contributed by atoms with Crippen molar-refractivity contribution < 1.29 is 4.79 Å². The lowest BCUT2D eigenvalue weighted by Gasteiger charge is -2.08. The molecular formula is C15H12BrN3O. The Morgan fingerprint density at radius 1 is 1.15 bits per heavy atom. The van der Waals surface area contributed by atoms with E-state index in [1.807, 2.05) is 53.1 Å². The standard InChI is InChI=1S/C15H12BrN3O/c16-11-5-1-2-6-12(11)18-15(20)9-19-10-17-13-7-3-4-8-14(13)19/h1-8,10H,9H2,(H,18,20). The third kappa shape index (κ3) is 2.58. The van der Waals surface area contributed by atoms with Crippen LogP contribution in [0.25, 0.3) is 11.0 Å². The fourth-order valence-electron chi connectivity index (χ4n) is 2.04. The van der Waals surface area contributed by atoms with Crippen LogP contribution in [-0.4, -0.2) is 15.5 Å². The zero-order valence-corrected chi connectivity index (χ0v) is 12.2. The summed E-state index contributed by atoms with van der Waals surface area (Å²) < 4.78 is 2.70. The number of rotatable bonds is 3. The zero-order valence-electron chi connectivity index (χ0n) is 10.6. The van der Waals surface area contributed by atoms with Crippen molar-refractivity contribution in [3.63, 3.8) is 0 Å². The number of carbonyl (C=O) groups is 1. The molecule has 1 amide bonds. The molecule has 0 unspecified atom stereocenters. The first-order valence-corrected chi connectivity index (χ1v) is 6.97. The van der Waals surface area contributed by atoms with Gasteiger partial charge in [0.05, 0.1) is 23.0 Å². The summed E-state index contributed by atoms with van der Waals surface area (Å²) in [5.74, 6) is -0.0833.